The number of fused-ring (bicyclic) bond motifs is 5. The van der Waals surface area contributed by atoms with Gasteiger partial charge in [0.2, 0.25) is 0 Å². The Labute approximate surface area is 136 Å². The third-order valence-corrected chi connectivity index (χ3v) is 4.32. The fourth-order valence-corrected chi connectivity index (χ4v) is 3.16. The van der Waals surface area contributed by atoms with Crippen molar-refractivity contribution in [1.82, 2.24) is 0 Å². The van der Waals surface area contributed by atoms with Crippen molar-refractivity contribution in [3.63, 3.8) is 0 Å². The summed E-state index contributed by atoms with van der Waals surface area (Å²) in [7, 11) is 0. The Morgan fingerprint density at radius 1 is 1.12 bits per heavy atom. The first-order valence-electron chi connectivity index (χ1n) is 7.61. The van der Waals surface area contributed by atoms with Gasteiger partial charge in [0.25, 0.3) is 0 Å². The van der Waals surface area contributed by atoms with Gasteiger partial charge in [0.1, 0.15) is 17.5 Å². The minimum absolute atomic E-state index is 0.237. The van der Waals surface area contributed by atoms with Crippen LogP contribution in [0.5, 0.6) is 11.5 Å². The van der Waals surface area contributed by atoms with Crippen LogP contribution in [0.2, 0.25) is 0 Å². The number of benzene rings is 2. The van der Waals surface area contributed by atoms with E-state index in [1.807, 2.05) is 18.2 Å². The number of nitrogens with zero attached hydrogens (tertiary/aromatic N) is 1. The number of para-hydroxylation sites is 1. The minimum Gasteiger partial charge on any atom is -0.455 e. The quantitative estimate of drug-likeness (QED) is 0.854. The van der Waals surface area contributed by atoms with Crippen LogP contribution in [0.4, 0.5) is 18.9 Å². The number of hydrogen-bond donors (Lipinski definition) is 1. The molecule has 0 radical (unpaired) electrons. The lowest BCUT2D eigenvalue weighted by atomic mass is 10.0. The molecule has 2 unspecified atom stereocenters. The Morgan fingerprint density at radius 3 is 2.67 bits per heavy atom. The van der Waals surface area contributed by atoms with Crippen molar-refractivity contribution >= 4 is 5.69 Å². The van der Waals surface area contributed by atoms with E-state index in [4.69, 9.17) is 15.3 Å². The van der Waals surface area contributed by atoms with Gasteiger partial charge >= 0.3 is 6.18 Å². The van der Waals surface area contributed by atoms with E-state index in [1.165, 1.54) is 11.1 Å². The normalized spacial score (nSPS) is 22.2. The molecule has 7 heteroatoms. The Kier molecular flexibility index (Phi) is 3.43. The Bertz CT molecular complexity index is 779. The number of halogens is 3. The molecule has 4 nitrogen and oxygen atoms in total. The van der Waals surface area contributed by atoms with E-state index in [1.54, 1.807) is 6.07 Å². The molecule has 2 aromatic rings. The fourth-order valence-electron chi connectivity index (χ4n) is 3.16. The maximum absolute atomic E-state index is 13.1. The molecule has 2 aliphatic heterocycles. The van der Waals surface area contributed by atoms with Crippen molar-refractivity contribution < 1.29 is 22.7 Å². The van der Waals surface area contributed by atoms with Gasteiger partial charge in [-0.1, -0.05) is 18.2 Å². The second-order valence-corrected chi connectivity index (χ2v) is 5.86. The molecule has 0 saturated carbocycles. The first kappa shape index (κ1) is 15.3. The van der Waals surface area contributed by atoms with Gasteiger partial charge in [0.15, 0.2) is 5.75 Å². The third-order valence-electron chi connectivity index (χ3n) is 4.32. The van der Waals surface area contributed by atoms with Crippen LogP contribution in [0, 0.1) is 0 Å². The Hall–Kier alpha value is -2.25. The van der Waals surface area contributed by atoms with E-state index in [-0.39, 0.29) is 17.8 Å². The van der Waals surface area contributed by atoms with Crippen molar-refractivity contribution in [3.05, 3.63) is 53.6 Å². The van der Waals surface area contributed by atoms with E-state index in [9.17, 15) is 13.2 Å². The summed E-state index contributed by atoms with van der Waals surface area (Å²) in [4.78, 5) is 5.81. The van der Waals surface area contributed by atoms with Gasteiger partial charge in [-0.2, -0.15) is 13.2 Å². The summed E-state index contributed by atoms with van der Waals surface area (Å²) >= 11 is 0. The Morgan fingerprint density at radius 2 is 1.92 bits per heavy atom. The third kappa shape index (κ3) is 2.40. The molecule has 2 aromatic carbocycles. The summed E-state index contributed by atoms with van der Waals surface area (Å²) in [6.45, 7) is 0.296. The molecule has 4 rings (SSSR count). The van der Waals surface area contributed by atoms with Crippen molar-refractivity contribution in [3.8, 4) is 11.5 Å². The van der Waals surface area contributed by atoms with Crippen molar-refractivity contribution in [2.24, 2.45) is 5.73 Å². The molecule has 2 heterocycles. The average Bonchev–Trinajstić information content (AvgIpc) is 2.94. The maximum Gasteiger partial charge on any atom is 0.416 e. The largest absolute Gasteiger partial charge is 0.455 e. The molecule has 0 spiro atoms. The van der Waals surface area contributed by atoms with Crippen LogP contribution in [0.1, 0.15) is 23.6 Å². The second kappa shape index (κ2) is 5.39. The summed E-state index contributed by atoms with van der Waals surface area (Å²) in [6, 6.07) is 10.6. The standard InChI is InChI=1S/C17H15F3N2O2/c18-17(19,20)10-5-6-16-14(7-10)22-13(8-11(9-21)24-22)12-3-1-2-4-15(12)23-16/h1-7,11,13H,8-9,21H2. The molecule has 1 fully saturated rings. The lowest BCUT2D eigenvalue weighted by Crippen LogP contribution is -2.24. The highest BCUT2D eigenvalue weighted by Gasteiger charge is 2.41. The van der Waals surface area contributed by atoms with Gasteiger partial charge in [0.05, 0.1) is 11.6 Å². The van der Waals surface area contributed by atoms with E-state index in [0.29, 0.717) is 24.5 Å². The van der Waals surface area contributed by atoms with Crippen molar-refractivity contribution in [2.75, 3.05) is 11.6 Å². The van der Waals surface area contributed by atoms with Crippen LogP contribution >= 0.6 is 0 Å². The molecule has 2 atom stereocenters. The van der Waals surface area contributed by atoms with E-state index >= 15 is 0 Å². The predicted molar refractivity (Wildman–Crippen MR) is 81.7 cm³/mol. The van der Waals surface area contributed by atoms with Crippen LogP contribution < -0.4 is 15.5 Å². The van der Waals surface area contributed by atoms with Crippen LogP contribution in [0.15, 0.2) is 42.5 Å². The maximum atomic E-state index is 13.1. The van der Waals surface area contributed by atoms with Gasteiger partial charge < -0.3 is 10.5 Å². The fraction of sp³-hybridized carbons (Fsp3) is 0.294. The molecular formula is C17H15F3N2O2. The number of nitrogens with two attached hydrogens (primary N) is 1. The van der Waals surface area contributed by atoms with E-state index < -0.39 is 11.7 Å². The number of hydrogen-bond acceptors (Lipinski definition) is 4. The number of rotatable bonds is 1. The molecule has 24 heavy (non-hydrogen) atoms. The number of hydroxylamine groups is 1. The molecular weight excluding hydrogens is 321 g/mol. The zero-order chi connectivity index (χ0) is 16.9. The van der Waals surface area contributed by atoms with Gasteiger partial charge in [-0.05, 0) is 24.3 Å². The van der Waals surface area contributed by atoms with Gasteiger partial charge in [-0.3, -0.25) is 4.84 Å². The molecule has 2 aliphatic rings. The number of anilines is 1. The summed E-state index contributed by atoms with van der Waals surface area (Å²) in [5.41, 5.74) is 6.10. The van der Waals surface area contributed by atoms with E-state index in [2.05, 4.69) is 0 Å². The molecule has 2 N–H and O–H groups in total. The van der Waals surface area contributed by atoms with Crippen LogP contribution in [-0.2, 0) is 11.0 Å². The number of ether oxygens (including phenoxy) is 1. The molecule has 1 saturated heterocycles. The monoisotopic (exact) mass is 336 g/mol. The van der Waals surface area contributed by atoms with Crippen LogP contribution in [0.3, 0.4) is 0 Å². The highest BCUT2D eigenvalue weighted by molar-refractivity contribution is 5.64. The van der Waals surface area contributed by atoms with Crippen molar-refractivity contribution in [2.45, 2.75) is 24.7 Å². The zero-order valence-corrected chi connectivity index (χ0v) is 12.6. The first-order valence-corrected chi connectivity index (χ1v) is 7.61. The lowest BCUT2D eigenvalue weighted by Gasteiger charge is -2.24. The topological polar surface area (TPSA) is 47.7 Å². The van der Waals surface area contributed by atoms with Crippen LogP contribution in [0.25, 0.3) is 0 Å². The highest BCUT2D eigenvalue weighted by Crippen LogP contribution is 2.50. The van der Waals surface area contributed by atoms with Gasteiger partial charge in [0, 0.05) is 18.5 Å². The summed E-state index contributed by atoms with van der Waals surface area (Å²) in [6.07, 6.45) is -4.09. The molecule has 126 valence electrons. The molecule has 0 bridgehead atoms. The molecule has 0 aliphatic carbocycles. The summed E-state index contributed by atoms with van der Waals surface area (Å²) in [5.74, 6) is 0.947. The number of alkyl halides is 3. The first-order chi connectivity index (χ1) is 11.5. The Balaban J connectivity index is 1.87. The molecule has 0 aromatic heterocycles. The summed E-state index contributed by atoms with van der Waals surface area (Å²) in [5, 5.41) is 1.51. The minimum atomic E-state index is -4.43. The van der Waals surface area contributed by atoms with E-state index in [0.717, 1.165) is 17.7 Å². The van der Waals surface area contributed by atoms with Gasteiger partial charge in [-0.25, -0.2) is 5.06 Å². The molecule has 0 amide bonds. The van der Waals surface area contributed by atoms with Gasteiger partial charge in [-0.15, -0.1) is 0 Å². The highest BCUT2D eigenvalue weighted by atomic mass is 19.4. The average molecular weight is 336 g/mol. The summed E-state index contributed by atoms with van der Waals surface area (Å²) < 4.78 is 45.1. The second-order valence-electron chi connectivity index (χ2n) is 5.86. The van der Waals surface area contributed by atoms with Crippen molar-refractivity contribution in [1.29, 1.82) is 0 Å². The predicted octanol–water partition coefficient (Wildman–Crippen LogP) is 4.02. The smallest absolute Gasteiger partial charge is 0.416 e. The SMILES string of the molecule is NCC1CC2c3ccccc3Oc3ccc(C(F)(F)F)cc3N2O1. The van der Waals surface area contributed by atoms with Crippen LogP contribution in [-0.4, -0.2) is 12.6 Å². The zero-order valence-electron chi connectivity index (χ0n) is 12.6. The lowest BCUT2D eigenvalue weighted by molar-refractivity contribution is -0.137.